The SMILES string of the molecule is CC(C)(C)c1c[c-]c2c(c1)-c1cc(C(C)(C)C)ccc1C2.Cc1c[c-](C)c(C)c1C.Cc1ccc([C](=[Zr+2])c2ccc(C)cc2)cc1.[Cl-].[Cl-]. The van der Waals surface area contributed by atoms with Crippen LogP contribution in [0, 0.1) is 47.6 Å². The predicted molar refractivity (Wildman–Crippen MR) is 197 cm³/mol. The van der Waals surface area contributed by atoms with Crippen LogP contribution in [0.3, 0.4) is 0 Å². The summed E-state index contributed by atoms with van der Waals surface area (Å²) in [4.78, 5) is 0. The maximum Gasteiger partial charge on any atom is -1.00 e. The molecule has 6 rings (SSSR count). The Labute approximate surface area is 319 Å². The Morgan fingerprint density at radius 2 is 1.15 bits per heavy atom. The van der Waals surface area contributed by atoms with Crippen LogP contribution in [0.5, 0.6) is 0 Å². The molecule has 0 N–H and O–H groups in total. The minimum absolute atomic E-state index is 0. The number of hydrogen-bond acceptors (Lipinski definition) is 0. The molecule has 0 amide bonds. The fourth-order valence-corrected chi connectivity index (χ4v) is 6.54. The van der Waals surface area contributed by atoms with Crippen LogP contribution in [-0.2, 0) is 41.5 Å². The van der Waals surface area contributed by atoms with E-state index in [0.717, 1.165) is 6.42 Å². The van der Waals surface area contributed by atoms with Crippen molar-refractivity contribution in [2.24, 2.45) is 0 Å². The van der Waals surface area contributed by atoms with Crippen molar-refractivity contribution in [3.8, 4) is 11.1 Å². The Morgan fingerprint density at radius 1 is 0.667 bits per heavy atom. The van der Waals surface area contributed by atoms with Crippen LogP contribution >= 0.6 is 0 Å². The van der Waals surface area contributed by atoms with Crippen molar-refractivity contribution in [2.75, 3.05) is 0 Å². The van der Waals surface area contributed by atoms with E-state index in [2.05, 4.69) is 174 Å². The summed E-state index contributed by atoms with van der Waals surface area (Å²) < 4.78 is 1.42. The van der Waals surface area contributed by atoms with Crippen molar-refractivity contribution in [1.82, 2.24) is 0 Å². The van der Waals surface area contributed by atoms with Crippen molar-refractivity contribution in [3.05, 3.63) is 158 Å². The van der Waals surface area contributed by atoms with E-state index >= 15 is 0 Å². The van der Waals surface area contributed by atoms with Crippen molar-refractivity contribution in [2.45, 2.75) is 100 Å². The fourth-order valence-electron chi connectivity index (χ4n) is 5.72. The molecule has 5 aromatic carbocycles. The van der Waals surface area contributed by atoms with Gasteiger partial charge in [-0.1, -0.05) is 104 Å². The van der Waals surface area contributed by atoms with Crippen LogP contribution in [0.4, 0.5) is 0 Å². The molecule has 0 aromatic heterocycles. The van der Waals surface area contributed by atoms with E-state index in [1.165, 1.54) is 105 Å². The van der Waals surface area contributed by atoms with E-state index in [1.54, 1.807) is 0 Å². The smallest absolute Gasteiger partial charge is 1.00 e. The molecule has 0 spiro atoms. The van der Waals surface area contributed by atoms with E-state index in [1.807, 2.05) is 0 Å². The van der Waals surface area contributed by atoms with Gasteiger partial charge >= 0.3 is 112 Å². The number of aryl methyl sites for hydroxylation is 4. The van der Waals surface area contributed by atoms with E-state index < -0.39 is 0 Å². The largest absolute Gasteiger partial charge is 1.00 e. The summed E-state index contributed by atoms with van der Waals surface area (Å²) in [5, 5.41) is 0. The zero-order valence-electron chi connectivity index (χ0n) is 31.0. The minimum Gasteiger partial charge on any atom is -1.00 e. The third kappa shape index (κ3) is 10.3. The van der Waals surface area contributed by atoms with Crippen LogP contribution in [0.1, 0.15) is 108 Å². The first-order valence-electron chi connectivity index (χ1n) is 16.6. The molecule has 0 heterocycles. The van der Waals surface area contributed by atoms with E-state index in [0.29, 0.717) is 0 Å². The zero-order valence-corrected chi connectivity index (χ0v) is 35.0. The second kappa shape index (κ2) is 17.0. The number of fused-ring (bicyclic) bond motifs is 3. The summed E-state index contributed by atoms with van der Waals surface area (Å²) in [6, 6.07) is 34.8. The first-order chi connectivity index (χ1) is 21.5. The predicted octanol–water partition coefficient (Wildman–Crippen LogP) is 5.72. The second-order valence-corrected chi connectivity index (χ2v) is 16.4. The quantitative estimate of drug-likeness (QED) is 0.199. The van der Waals surface area contributed by atoms with Gasteiger partial charge in [0.2, 0.25) is 0 Å². The molecule has 0 radical (unpaired) electrons. The molecule has 1 aliphatic carbocycles. The van der Waals surface area contributed by atoms with Crippen molar-refractivity contribution < 1.29 is 49.0 Å². The summed E-state index contributed by atoms with van der Waals surface area (Å²) in [7, 11) is 0. The summed E-state index contributed by atoms with van der Waals surface area (Å²) >= 11 is 1.46. The van der Waals surface area contributed by atoms with Gasteiger partial charge in [0.05, 0.1) is 0 Å². The van der Waals surface area contributed by atoms with Crippen LogP contribution in [0.2, 0.25) is 0 Å². The average molecular weight is 755 g/mol. The van der Waals surface area contributed by atoms with Crippen LogP contribution in [0.25, 0.3) is 11.1 Å². The average Bonchev–Trinajstić information content (AvgIpc) is 3.48. The third-order valence-corrected chi connectivity index (χ3v) is 10.8. The monoisotopic (exact) mass is 752 g/mol. The second-order valence-electron chi connectivity index (χ2n) is 15.2. The Balaban J connectivity index is 0.000000264. The summed E-state index contributed by atoms with van der Waals surface area (Å²) in [5.41, 5.74) is 19.8. The van der Waals surface area contributed by atoms with Gasteiger partial charge in [0.25, 0.3) is 0 Å². The molecule has 3 heteroatoms. The number of benzene rings is 4. The standard InChI is InChI=1S/C21H25.C15H14.C9H13.2ClH.Zr/c1-20(2,3)16-9-7-14-11-15-8-10-17(21(4,5)6)13-19(15)18(14)12-16;1-12-3-7-14(8-4-12)11-15-9-5-13(2)6-10-15;1-6-5-7(2)9(4)8(6)3;;;/h7,9-10,12-13H,11H2,1-6H3;3-10H,1-2H3;5H,1-4H3;2*1H;/q-1;;-1;;;+2/p-2. The summed E-state index contributed by atoms with van der Waals surface area (Å²) in [5.74, 6) is 0. The maximum atomic E-state index is 3.53. The Kier molecular flexibility index (Phi) is 14.8. The molecule has 0 saturated carbocycles. The molecule has 0 atom stereocenters. The van der Waals surface area contributed by atoms with Crippen LogP contribution in [0.15, 0.2) is 84.9 Å². The van der Waals surface area contributed by atoms with Gasteiger partial charge in [-0.25, -0.2) is 0 Å². The van der Waals surface area contributed by atoms with Gasteiger partial charge in [0.15, 0.2) is 0 Å². The van der Waals surface area contributed by atoms with Gasteiger partial charge in [-0.15, -0.1) is 5.56 Å². The topological polar surface area (TPSA) is 0 Å². The number of halogens is 2. The Morgan fingerprint density at radius 3 is 1.54 bits per heavy atom. The molecule has 0 aliphatic heterocycles. The zero-order chi connectivity index (χ0) is 34.0. The third-order valence-electron chi connectivity index (χ3n) is 9.39. The van der Waals surface area contributed by atoms with Gasteiger partial charge in [0.1, 0.15) is 0 Å². The molecule has 0 nitrogen and oxygen atoms in total. The normalized spacial score (nSPS) is 11.5. The van der Waals surface area contributed by atoms with Gasteiger partial charge < -0.3 is 24.8 Å². The van der Waals surface area contributed by atoms with Crippen LogP contribution < -0.4 is 24.8 Å². The molecule has 0 bridgehead atoms. The summed E-state index contributed by atoms with van der Waals surface area (Å²) in [6.45, 7) is 26.6. The van der Waals surface area contributed by atoms with E-state index in [9.17, 15) is 0 Å². The van der Waals surface area contributed by atoms with Crippen molar-refractivity contribution in [1.29, 1.82) is 0 Å². The maximum absolute atomic E-state index is 3.53. The molecule has 1 aliphatic rings. The first-order valence-corrected chi connectivity index (χ1v) is 17.8. The number of rotatable bonds is 2. The van der Waals surface area contributed by atoms with Gasteiger partial charge in [-0.2, -0.15) is 57.6 Å². The van der Waals surface area contributed by atoms with Crippen LogP contribution in [-0.4, -0.2) is 3.21 Å². The Hall–Kier alpha value is -2.44. The van der Waals surface area contributed by atoms with Crippen molar-refractivity contribution in [3.63, 3.8) is 0 Å². The minimum atomic E-state index is 0. The molecular weight excluding hydrogens is 703 g/mol. The molecule has 0 unspecified atom stereocenters. The van der Waals surface area contributed by atoms with Gasteiger partial charge in [-0.3, -0.25) is 0 Å². The summed E-state index contributed by atoms with van der Waals surface area (Å²) in [6.07, 6.45) is 1.03. The fraction of sp³-hybridized carbons (Fsp3) is 0.333. The first kappa shape index (κ1) is 41.7. The van der Waals surface area contributed by atoms with E-state index in [4.69, 9.17) is 0 Å². The Bertz CT molecular complexity index is 1690. The molecule has 5 aromatic rings. The number of hydrogen-bond donors (Lipinski definition) is 0. The molecule has 0 fully saturated rings. The van der Waals surface area contributed by atoms with Gasteiger partial charge in [-0.05, 0) is 17.4 Å². The molecule has 48 heavy (non-hydrogen) atoms. The van der Waals surface area contributed by atoms with Crippen molar-refractivity contribution >= 4 is 3.21 Å². The van der Waals surface area contributed by atoms with E-state index in [-0.39, 0.29) is 35.6 Å². The van der Waals surface area contributed by atoms with Gasteiger partial charge in [0, 0.05) is 0 Å². The molecule has 252 valence electrons. The molecular formula is C45H52Cl2Zr-2. The molecule has 0 saturated heterocycles.